The monoisotopic (exact) mass is 424 g/mol. The average molecular weight is 424 g/mol. The molecule has 1 atom stereocenters. The fourth-order valence-electron chi connectivity index (χ4n) is 2.79. The van der Waals surface area contributed by atoms with Gasteiger partial charge in [0, 0.05) is 19.1 Å². The Morgan fingerprint density at radius 3 is 2.50 bits per heavy atom. The van der Waals surface area contributed by atoms with E-state index in [1.165, 1.54) is 51.6 Å². The predicted octanol–water partition coefficient (Wildman–Crippen LogP) is 3.47. The van der Waals surface area contributed by atoms with Gasteiger partial charge in [-0.05, 0) is 59.2 Å². The molecule has 5 heteroatoms. The van der Waals surface area contributed by atoms with Gasteiger partial charge in [0.25, 0.3) is 0 Å². The Morgan fingerprint density at radius 1 is 1.23 bits per heavy atom. The van der Waals surface area contributed by atoms with E-state index in [9.17, 15) is 0 Å². The van der Waals surface area contributed by atoms with Gasteiger partial charge in [0.2, 0.25) is 0 Å². The third kappa shape index (κ3) is 9.87. The van der Waals surface area contributed by atoms with Gasteiger partial charge in [-0.15, -0.1) is 24.0 Å². The summed E-state index contributed by atoms with van der Waals surface area (Å²) in [7, 11) is 2.21. The molecule has 0 saturated carbocycles. The molecule has 0 amide bonds. The zero-order valence-electron chi connectivity index (χ0n) is 15.0. The standard InChI is InChI=1S/C17H36N4.HI/c1-5-7-8-9-15(3)20-17(18-6-2)19-14-16-10-12-21(4)13-11-16;/h15-16H,5-14H2,1-4H3,(H2,18,19,20);1H. The van der Waals surface area contributed by atoms with E-state index in [-0.39, 0.29) is 24.0 Å². The van der Waals surface area contributed by atoms with Crippen molar-refractivity contribution in [3.8, 4) is 0 Å². The summed E-state index contributed by atoms with van der Waals surface area (Å²) in [6.45, 7) is 11.0. The highest BCUT2D eigenvalue weighted by molar-refractivity contribution is 14.0. The summed E-state index contributed by atoms with van der Waals surface area (Å²) >= 11 is 0. The van der Waals surface area contributed by atoms with Crippen LogP contribution in [0.15, 0.2) is 4.99 Å². The molecule has 22 heavy (non-hydrogen) atoms. The number of guanidine groups is 1. The molecule has 0 aliphatic carbocycles. The SMILES string of the molecule is CCCCCC(C)NC(=NCC1CCN(C)CC1)NCC.I. The second kappa shape index (κ2) is 13.4. The molecular formula is C17H37IN4. The first-order valence-electron chi connectivity index (χ1n) is 8.89. The molecule has 1 fully saturated rings. The number of piperidine rings is 1. The molecule has 1 saturated heterocycles. The van der Waals surface area contributed by atoms with Crippen molar-refractivity contribution in [1.82, 2.24) is 15.5 Å². The van der Waals surface area contributed by atoms with Crippen molar-refractivity contribution in [1.29, 1.82) is 0 Å². The lowest BCUT2D eigenvalue weighted by atomic mass is 9.97. The van der Waals surface area contributed by atoms with Crippen molar-refractivity contribution in [2.24, 2.45) is 10.9 Å². The van der Waals surface area contributed by atoms with Gasteiger partial charge >= 0.3 is 0 Å². The Morgan fingerprint density at radius 2 is 1.91 bits per heavy atom. The van der Waals surface area contributed by atoms with E-state index in [1.807, 2.05) is 0 Å². The zero-order chi connectivity index (χ0) is 15.5. The fourth-order valence-corrected chi connectivity index (χ4v) is 2.79. The van der Waals surface area contributed by atoms with Crippen LogP contribution in [0.4, 0.5) is 0 Å². The van der Waals surface area contributed by atoms with Crippen molar-refractivity contribution < 1.29 is 0 Å². The highest BCUT2D eigenvalue weighted by Gasteiger charge is 2.16. The molecule has 1 unspecified atom stereocenters. The number of unbranched alkanes of at least 4 members (excludes halogenated alkanes) is 2. The quantitative estimate of drug-likeness (QED) is 0.271. The van der Waals surface area contributed by atoms with Crippen LogP contribution in [-0.4, -0.2) is 50.1 Å². The number of halogens is 1. The van der Waals surface area contributed by atoms with E-state index in [2.05, 4.69) is 43.4 Å². The van der Waals surface area contributed by atoms with Crippen LogP contribution >= 0.6 is 24.0 Å². The lowest BCUT2D eigenvalue weighted by Crippen LogP contribution is -2.42. The van der Waals surface area contributed by atoms with Gasteiger partial charge in [0.1, 0.15) is 0 Å². The van der Waals surface area contributed by atoms with Gasteiger partial charge in [-0.3, -0.25) is 4.99 Å². The molecule has 0 aromatic rings. The van der Waals surface area contributed by atoms with Crippen molar-refractivity contribution >= 4 is 29.9 Å². The molecule has 1 aliphatic heterocycles. The van der Waals surface area contributed by atoms with Crippen LogP contribution in [0.2, 0.25) is 0 Å². The first kappa shape index (κ1) is 22.0. The van der Waals surface area contributed by atoms with Gasteiger partial charge in [-0.25, -0.2) is 0 Å². The second-order valence-corrected chi connectivity index (χ2v) is 6.51. The third-order valence-corrected chi connectivity index (χ3v) is 4.31. The highest BCUT2D eigenvalue weighted by atomic mass is 127. The van der Waals surface area contributed by atoms with Crippen LogP contribution in [0.1, 0.15) is 59.3 Å². The normalized spacial score (nSPS) is 18.6. The van der Waals surface area contributed by atoms with Gasteiger partial charge in [0.15, 0.2) is 5.96 Å². The number of nitrogens with one attached hydrogen (secondary N) is 2. The maximum absolute atomic E-state index is 4.81. The summed E-state index contributed by atoms with van der Waals surface area (Å²) in [6, 6.07) is 0.506. The molecule has 4 nitrogen and oxygen atoms in total. The van der Waals surface area contributed by atoms with Gasteiger partial charge in [-0.1, -0.05) is 26.2 Å². The molecule has 1 rings (SSSR count). The molecule has 0 aromatic carbocycles. The maximum Gasteiger partial charge on any atom is 0.191 e. The first-order valence-corrected chi connectivity index (χ1v) is 8.89. The molecule has 0 aromatic heterocycles. The summed E-state index contributed by atoms with van der Waals surface area (Å²) in [5, 5.41) is 6.93. The number of likely N-dealkylation sites (tertiary alicyclic amines) is 1. The molecule has 1 heterocycles. The van der Waals surface area contributed by atoms with E-state index < -0.39 is 0 Å². The molecular weight excluding hydrogens is 387 g/mol. The number of nitrogens with zero attached hydrogens (tertiary/aromatic N) is 2. The lowest BCUT2D eigenvalue weighted by Gasteiger charge is -2.28. The number of hydrogen-bond donors (Lipinski definition) is 2. The van der Waals surface area contributed by atoms with Crippen molar-refractivity contribution in [3.63, 3.8) is 0 Å². The van der Waals surface area contributed by atoms with Gasteiger partial charge in [-0.2, -0.15) is 0 Å². The largest absolute Gasteiger partial charge is 0.357 e. The Bertz CT molecular complexity index is 288. The van der Waals surface area contributed by atoms with E-state index in [0.29, 0.717) is 6.04 Å². The minimum Gasteiger partial charge on any atom is -0.357 e. The number of hydrogen-bond acceptors (Lipinski definition) is 2. The van der Waals surface area contributed by atoms with E-state index in [1.54, 1.807) is 0 Å². The summed E-state index contributed by atoms with van der Waals surface area (Å²) < 4.78 is 0. The summed E-state index contributed by atoms with van der Waals surface area (Å²) in [5.74, 6) is 1.76. The summed E-state index contributed by atoms with van der Waals surface area (Å²) in [4.78, 5) is 7.22. The van der Waals surface area contributed by atoms with Crippen LogP contribution < -0.4 is 10.6 Å². The first-order chi connectivity index (χ1) is 10.2. The van der Waals surface area contributed by atoms with Crippen LogP contribution in [-0.2, 0) is 0 Å². The molecule has 0 radical (unpaired) electrons. The fraction of sp³-hybridized carbons (Fsp3) is 0.941. The summed E-state index contributed by atoms with van der Waals surface area (Å²) in [5.41, 5.74) is 0. The molecule has 132 valence electrons. The molecule has 2 N–H and O–H groups in total. The Labute approximate surface area is 154 Å². The van der Waals surface area contributed by atoms with Crippen LogP contribution in [0.25, 0.3) is 0 Å². The topological polar surface area (TPSA) is 39.7 Å². The van der Waals surface area contributed by atoms with Gasteiger partial charge in [0.05, 0.1) is 0 Å². The smallest absolute Gasteiger partial charge is 0.191 e. The summed E-state index contributed by atoms with van der Waals surface area (Å²) in [6.07, 6.45) is 7.72. The van der Waals surface area contributed by atoms with Crippen LogP contribution in [0, 0.1) is 5.92 Å². The number of aliphatic imine (C=N–C) groups is 1. The number of rotatable bonds is 8. The second-order valence-electron chi connectivity index (χ2n) is 6.51. The van der Waals surface area contributed by atoms with Crippen LogP contribution in [0.3, 0.4) is 0 Å². The minimum atomic E-state index is 0. The van der Waals surface area contributed by atoms with Crippen LogP contribution in [0.5, 0.6) is 0 Å². The Hall–Kier alpha value is -0.0400. The van der Waals surface area contributed by atoms with E-state index in [0.717, 1.165) is 25.0 Å². The van der Waals surface area contributed by atoms with Gasteiger partial charge < -0.3 is 15.5 Å². The van der Waals surface area contributed by atoms with Crippen molar-refractivity contribution in [2.45, 2.75) is 65.3 Å². The molecule has 0 spiro atoms. The van der Waals surface area contributed by atoms with E-state index in [4.69, 9.17) is 4.99 Å². The third-order valence-electron chi connectivity index (χ3n) is 4.31. The van der Waals surface area contributed by atoms with Crippen molar-refractivity contribution in [3.05, 3.63) is 0 Å². The highest BCUT2D eigenvalue weighted by Crippen LogP contribution is 2.15. The molecule has 1 aliphatic rings. The minimum absolute atomic E-state index is 0. The Balaban J connectivity index is 0.00000441. The Kier molecular flexibility index (Phi) is 13.4. The zero-order valence-corrected chi connectivity index (χ0v) is 17.4. The average Bonchev–Trinajstić information content (AvgIpc) is 2.47. The predicted molar refractivity (Wildman–Crippen MR) is 108 cm³/mol. The molecule has 0 bridgehead atoms. The van der Waals surface area contributed by atoms with E-state index >= 15 is 0 Å². The van der Waals surface area contributed by atoms with Crippen molar-refractivity contribution in [2.75, 3.05) is 33.2 Å². The lowest BCUT2D eigenvalue weighted by molar-refractivity contribution is 0.223. The maximum atomic E-state index is 4.81.